The summed E-state index contributed by atoms with van der Waals surface area (Å²) in [5.74, 6) is -2.12. The molecule has 0 aliphatic rings. The van der Waals surface area contributed by atoms with Crippen LogP contribution in [-0.2, 0) is 18.0 Å². The van der Waals surface area contributed by atoms with Crippen LogP contribution in [-0.4, -0.2) is 32.5 Å². The van der Waals surface area contributed by atoms with E-state index in [1.54, 1.807) is 30.3 Å². The molecular weight excluding hydrogens is 347 g/mol. The minimum absolute atomic E-state index is 0.0825. The topological polar surface area (TPSA) is 88.9 Å². The first-order chi connectivity index (χ1) is 11.3. The van der Waals surface area contributed by atoms with Crippen LogP contribution in [0.1, 0.15) is 5.82 Å². The van der Waals surface area contributed by atoms with E-state index in [2.05, 4.69) is 20.8 Å². The van der Waals surface area contributed by atoms with Crippen molar-refractivity contribution in [2.75, 3.05) is 11.1 Å². The first-order valence-electron chi connectivity index (χ1n) is 6.52. The quantitative estimate of drug-likeness (QED) is 0.818. The number of anilines is 1. The van der Waals surface area contributed by atoms with E-state index in [4.69, 9.17) is 0 Å². The molecule has 11 heteroatoms. The molecule has 128 valence electrons. The smallest absolute Gasteiger partial charge is 0.308 e. The second-order valence-electron chi connectivity index (χ2n) is 4.52. The molecule has 3 amide bonds. The van der Waals surface area contributed by atoms with Gasteiger partial charge in [0, 0.05) is 12.7 Å². The maximum Gasteiger partial charge on any atom is 0.451 e. The Kier molecular flexibility index (Phi) is 5.44. The Morgan fingerprint density at radius 3 is 2.46 bits per heavy atom. The van der Waals surface area contributed by atoms with E-state index < -0.39 is 23.9 Å². The maximum absolute atomic E-state index is 12.6. The molecule has 2 N–H and O–H groups in total. The van der Waals surface area contributed by atoms with Crippen LogP contribution < -0.4 is 10.6 Å². The number of urea groups is 1. The molecule has 0 saturated carbocycles. The van der Waals surface area contributed by atoms with Crippen molar-refractivity contribution >= 4 is 29.4 Å². The molecule has 0 saturated heterocycles. The number of para-hydroxylation sites is 1. The van der Waals surface area contributed by atoms with Gasteiger partial charge in [0.05, 0.1) is 5.75 Å². The van der Waals surface area contributed by atoms with Crippen LogP contribution >= 0.6 is 11.8 Å². The zero-order valence-electron chi connectivity index (χ0n) is 12.3. The molecule has 1 aromatic carbocycles. The summed E-state index contributed by atoms with van der Waals surface area (Å²) in [6.07, 6.45) is -4.63. The lowest BCUT2D eigenvalue weighted by Crippen LogP contribution is -2.35. The van der Waals surface area contributed by atoms with Crippen molar-refractivity contribution in [3.8, 4) is 0 Å². The second kappa shape index (κ2) is 7.34. The summed E-state index contributed by atoms with van der Waals surface area (Å²) >= 11 is 0.738. The third kappa shape index (κ3) is 4.72. The number of carbonyl (C=O) groups excluding carboxylic acids is 2. The summed E-state index contributed by atoms with van der Waals surface area (Å²) in [5, 5.41) is 10.8. The Bertz CT molecular complexity index is 733. The van der Waals surface area contributed by atoms with Gasteiger partial charge in [0.25, 0.3) is 0 Å². The predicted molar refractivity (Wildman–Crippen MR) is 80.3 cm³/mol. The van der Waals surface area contributed by atoms with Crippen molar-refractivity contribution < 1.29 is 22.8 Å². The fourth-order valence-corrected chi connectivity index (χ4v) is 2.38. The third-order valence-electron chi connectivity index (χ3n) is 2.71. The first kappa shape index (κ1) is 17.8. The normalized spacial score (nSPS) is 11.2. The molecule has 0 aliphatic heterocycles. The molecule has 0 aliphatic carbocycles. The summed E-state index contributed by atoms with van der Waals surface area (Å²) in [4.78, 5) is 23.3. The molecule has 0 atom stereocenters. The Hall–Kier alpha value is -2.56. The minimum atomic E-state index is -4.63. The van der Waals surface area contributed by atoms with Gasteiger partial charge in [-0.1, -0.05) is 30.0 Å². The fraction of sp³-hybridized carbons (Fsp3) is 0.231. The van der Waals surface area contributed by atoms with Crippen LogP contribution in [0.15, 0.2) is 35.5 Å². The van der Waals surface area contributed by atoms with Gasteiger partial charge in [-0.15, -0.1) is 10.2 Å². The summed E-state index contributed by atoms with van der Waals surface area (Å²) < 4.78 is 38.5. The van der Waals surface area contributed by atoms with Gasteiger partial charge in [0.2, 0.25) is 11.7 Å². The summed E-state index contributed by atoms with van der Waals surface area (Å²) in [5.41, 5.74) is 0.499. The zero-order valence-corrected chi connectivity index (χ0v) is 13.1. The molecule has 1 heterocycles. The highest BCUT2D eigenvalue weighted by atomic mass is 32.2. The van der Waals surface area contributed by atoms with E-state index in [1.165, 1.54) is 0 Å². The van der Waals surface area contributed by atoms with E-state index in [0.717, 1.165) is 23.4 Å². The van der Waals surface area contributed by atoms with Crippen LogP contribution in [0.25, 0.3) is 0 Å². The van der Waals surface area contributed by atoms with E-state index in [0.29, 0.717) is 5.69 Å². The van der Waals surface area contributed by atoms with Gasteiger partial charge in [-0.25, -0.2) is 4.79 Å². The first-order valence-corrected chi connectivity index (χ1v) is 7.51. The van der Waals surface area contributed by atoms with Crippen molar-refractivity contribution in [1.29, 1.82) is 0 Å². The largest absolute Gasteiger partial charge is 0.451 e. The molecular formula is C13H12F3N5O2S. The molecule has 2 rings (SSSR count). The van der Waals surface area contributed by atoms with Crippen molar-refractivity contribution in [3.63, 3.8) is 0 Å². The van der Waals surface area contributed by atoms with Crippen LogP contribution in [0.4, 0.5) is 23.7 Å². The monoisotopic (exact) mass is 359 g/mol. The number of carbonyl (C=O) groups is 2. The molecule has 0 fully saturated rings. The summed E-state index contributed by atoms with van der Waals surface area (Å²) in [6.45, 7) is 0. The van der Waals surface area contributed by atoms with Gasteiger partial charge < -0.3 is 9.88 Å². The number of amides is 3. The number of nitrogens with zero attached hydrogens (tertiary/aromatic N) is 3. The van der Waals surface area contributed by atoms with Crippen molar-refractivity contribution in [2.24, 2.45) is 7.05 Å². The second-order valence-corrected chi connectivity index (χ2v) is 5.46. The van der Waals surface area contributed by atoms with Gasteiger partial charge in [-0.2, -0.15) is 13.2 Å². The Morgan fingerprint density at radius 2 is 1.88 bits per heavy atom. The molecule has 7 nitrogen and oxygen atoms in total. The van der Waals surface area contributed by atoms with Crippen molar-refractivity contribution in [3.05, 3.63) is 36.2 Å². The molecule has 0 bridgehead atoms. The van der Waals surface area contributed by atoms with Crippen LogP contribution in [0.3, 0.4) is 0 Å². The van der Waals surface area contributed by atoms with Gasteiger partial charge >= 0.3 is 12.2 Å². The third-order valence-corrected chi connectivity index (χ3v) is 3.73. The molecule has 0 spiro atoms. The fourth-order valence-electron chi connectivity index (χ4n) is 1.66. The van der Waals surface area contributed by atoms with E-state index in [-0.39, 0.29) is 10.9 Å². The molecule has 24 heavy (non-hydrogen) atoms. The van der Waals surface area contributed by atoms with Crippen molar-refractivity contribution in [2.45, 2.75) is 11.3 Å². The van der Waals surface area contributed by atoms with Gasteiger partial charge in [0.1, 0.15) is 0 Å². The molecule has 0 unspecified atom stereocenters. The molecule has 0 radical (unpaired) electrons. The highest BCUT2D eigenvalue weighted by molar-refractivity contribution is 7.99. The van der Waals surface area contributed by atoms with Gasteiger partial charge in [-0.3, -0.25) is 10.1 Å². The molecule has 1 aromatic heterocycles. The number of hydrogen-bond donors (Lipinski definition) is 2. The number of hydrogen-bond acceptors (Lipinski definition) is 5. The maximum atomic E-state index is 12.6. The van der Waals surface area contributed by atoms with Crippen molar-refractivity contribution in [1.82, 2.24) is 20.1 Å². The number of halogens is 3. The minimum Gasteiger partial charge on any atom is -0.308 e. The summed E-state index contributed by atoms with van der Waals surface area (Å²) in [7, 11) is 1.14. The highest BCUT2D eigenvalue weighted by Gasteiger charge is 2.37. The SMILES string of the molecule is Cn1c(SCC(=O)NC(=O)Nc2ccccc2)nnc1C(F)(F)F. The van der Waals surface area contributed by atoms with Gasteiger partial charge in [-0.05, 0) is 12.1 Å². The zero-order chi connectivity index (χ0) is 17.7. The predicted octanol–water partition coefficient (Wildman–Crippen LogP) is 2.27. The van der Waals surface area contributed by atoms with Gasteiger partial charge in [0.15, 0.2) is 5.16 Å². The highest BCUT2D eigenvalue weighted by Crippen LogP contribution is 2.29. The van der Waals surface area contributed by atoms with E-state index in [9.17, 15) is 22.8 Å². The Morgan fingerprint density at radius 1 is 1.21 bits per heavy atom. The Labute approximate surface area is 138 Å². The lowest BCUT2D eigenvalue weighted by molar-refractivity contribution is -0.147. The number of rotatable bonds is 4. The van der Waals surface area contributed by atoms with E-state index in [1.807, 2.05) is 0 Å². The molecule has 2 aromatic rings. The number of imide groups is 1. The summed E-state index contributed by atoms with van der Waals surface area (Å²) in [6, 6.07) is 7.72. The van der Waals surface area contributed by atoms with Crippen LogP contribution in [0.2, 0.25) is 0 Å². The van der Waals surface area contributed by atoms with Crippen LogP contribution in [0.5, 0.6) is 0 Å². The lowest BCUT2D eigenvalue weighted by Gasteiger charge is -2.07. The average Bonchev–Trinajstić information content (AvgIpc) is 2.87. The Balaban J connectivity index is 1.85. The average molecular weight is 359 g/mol. The number of benzene rings is 1. The number of thioether (sulfide) groups is 1. The lowest BCUT2D eigenvalue weighted by atomic mass is 10.3. The number of alkyl halides is 3. The van der Waals surface area contributed by atoms with E-state index >= 15 is 0 Å². The number of nitrogens with one attached hydrogen (secondary N) is 2. The number of aromatic nitrogens is 3. The van der Waals surface area contributed by atoms with Crippen LogP contribution in [0, 0.1) is 0 Å². The standard InChI is InChI=1S/C13H12F3N5O2S/c1-21-10(13(14,15)16)19-20-12(21)24-7-9(22)18-11(23)17-8-5-3-2-4-6-8/h2-6H,7H2,1H3,(H2,17,18,22,23).